The number of pyridine rings is 1. The normalized spacial score (nSPS) is 17.1. The van der Waals surface area contributed by atoms with Gasteiger partial charge in [-0.15, -0.1) is 0 Å². The number of thiocarbonyl (C=S) groups is 1. The van der Waals surface area contributed by atoms with Gasteiger partial charge in [-0.2, -0.15) is 18.4 Å². The minimum atomic E-state index is -4.88. The van der Waals surface area contributed by atoms with Gasteiger partial charge in [0, 0.05) is 18.3 Å². The molecule has 1 aromatic carbocycles. The second-order valence-electron chi connectivity index (χ2n) is 7.99. The Kier molecular flexibility index (Phi) is 5.60. The van der Waals surface area contributed by atoms with Crippen LogP contribution in [0.5, 0.6) is 0 Å². The molecule has 1 saturated carbocycles. The van der Waals surface area contributed by atoms with E-state index in [4.69, 9.17) is 17.5 Å². The van der Waals surface area contributed by atoms with E-state index < -0.39 is 40.6 Å². The Labute approximate surface area is 197 Å². The summed E-state index contributed by atoms with van der Waals surface area (Å²) >= 11 is 5.52. The number of nitrogens with one attached hydrogen (secondary N) is 1. The number of hydrogen-bond acceptors (Lipinski definition) is 5. The van der Waals surface area contributed by atoms with Gasteiger partial charge in [-0.3, -0.25) is 19.5 Å². The lowest BCUT2D eigenvalue weighted by Gasteiger charge is -2.43. The van der Waals surface area contributed by atoms with Crippen molar-refractivity contribution in [3.8, 4) is 6.07 Å². The Morgan fingerprint density at radius 2 is 2.00 bits per heavy atom. The molecule has 1 saturated heterocycles. The lowest BCUT2D eigenvalue weighted by atomic mass is 9.75. The summed E-state index contributed by atoms with van der Waals surface area (Å²) in [6, 6.07) is 5.87. The number of amides is 2. The molecule has 1 aromatic heterocycles. The van der Waals surface area contributed by atoms with Gasteiger partial charge in [0.2, 0.25) is 0 Å². The number of carbonyl (C=O) groups excluding carboxylic acids is 2. The summed E-state index contributed by atoms with van der Waals surface area (Å²) in [5.41, 5.74) is -3.47. The summed E-state index contributed by atoms with van der Waals surface area (Å²) < 4.78 is 55.4. The summed E-state index contributed by atoms with van der Waals surface area (Å²) in [6.45, 7) is 0. The minimum Gasteiger partial charge on any atom is -0.355 e. The highest BCUT2D eigenvalue weighted by Gasteiger charge is 2.60. The molecule has 1 N–H and O–H groups in total. The Bertz CT molecular complexity index is 1290. The fourth-order valence-corrected chi connectivity index (χ4v) is 4.74. The van der Waals surface area contributed by atoms with Crippen molar-refractivity contribution in [2.45, 2.75) is 31.0 Å². The van der Waals surface area contributed by atoms with Crippen LogP contribution in [0.2, 0.25) is 0 Å². The maximum Gasteiger partial charge on any atom is 0.419 e. The molecule has 0 radical (unpaired) electrons. The first-order valence-corrected chi connectivity index (χ1v) is 10.6. The molecule has 174 valence electrons. The van der Waals surface area contributed by atoms with Crippen LogP contribution in [0.3, 0.4) is 0 Å². The Balaban J connectivity index is 1.84. The number of nitriles is 1. The smallest absolute Gasteiger partial charge is 0.355 e. The van der Waals surface area contributed by atoms with Crippen LogP contribution in [0.15, 0.2) is 24.3 Å². The molecule has 0 unspecified atom stereocenters. The molecule has 4 rings (SSSR count). The van der Waals surface area contributed by atoms with Crippen LogP contribution in [0, 0.1) is 17.1 Å². The summed E-state index contributed by atoms with van der Waals surface area (Å²) in [4.78, 5) is 31.5. The van der Waals surface area contributed by atoms with Crippen LogP contribution in [0.25, 0.3) is 0 Å². The maximum atomic E-state index is 14.7. The molecule has 2 aromatic rings. The molecular weight excluding hydrogens is 473 g/mol. The van der Waals surface area contributed by atoms with Crippen LogP contribution in [-0.2, 0) is 11.0 Å². The molecule has 2 amide bonds. The van der Waals surface area contributed by atoms with Gasteiger partial charge in [0.25, 0.3) is 11.8 Å². The van der Waals surface area contributed by atoms with Crippen LogP contribution in [-0.4, -0.2) is 42.3 Å². The number of halogens is 4. The van der Waals surface area contributed by atoms with E-state index in [2.05, 4.69) is 10.3 Å². The van der Waals surface area contributed by atoms with Gasteiger partial charge >= 0.3 is 6.18 Å². The quantitative estimate of drug-likeness (QED) is 0.402. The van der Waals surface area contributed by atoms with Crippen LogP contribution < -0.4 is 20.7 Å². The average Bonchev–Trinajstić information content (AvgIpc) is 2.99. The zero-order chi connectivity index (χ0) is 25.0. The molecule has 0 bridgehead atoms. The minimum absolute atomic E-state index is 0.0118. The van der Waals surface area contributed by atoms with E-state index in [-0.39, 0.29) is 27.6 Å². The lowest BCUT2D eigenvalue weighted by molar-refractivity contribution is -0.138. The molecule has 1 aliphatic heterocycles. The second-order valence-corrected chi connectivity index (χ2v) is 8.35. The number of aromatic nitrogens is 1. The third kappa shape index (κ3) is 3.40. The number of carbonyl (C=O) groups is 2. The highest BCUT2D eigenvalue weighted by molar-refractivity contribution is 7.81. The highest BCUT2D eigenvalue weighted by Crippen LogP contribution is 2.48. The van der Waals surface area contributed by atoms with Crippen molar-refractivity contribution in [3.63, 3.8) is 0 Å². The first-order chi connectivity index (χ1) is 16.0. The predicted molar refractivity (Wildman–Crippen MR) is 121 cm³/mol. The van der Waals surface area contributed by atoms with E-state index >= 15 is 0 Å². The van der Waals surface area contributed by atoms with Crippen LogP contribution >= 0.6 is 12.2 Å². The van der Waals surface area contributed by atoms with E-state index in [1.54, 1.807) is 0 Å². The third-order valence-electron chi connectivity index (χ3n) is 6.11. The number of alkyl halides is 3. The van der Waals surface area contributed by atoms with Gasteiger partial charge in [0.1, 0.15) is 17.4 Å². The highest BCUT2D eigenvalue weighted by atomic mass is 32.1. The zero-order valence-electron chi connectivity index (χ0n) is 18.0. The third-order valence-corrected chi connectivity index (χ3v) is 6.48. The second kappa shape index (κ2) is 8.05. The van der Waals surface area contributed by atoms with E-state index in [0.29, 0.717) is 25.3 Å². The molecular formula is C21H16BF4N5O2S. The zero-order valence-corrected chi connectivity index (χ0v) is 18.8. The van der Waals surface area contributed by atoms with Crippen LogP contribution in [0.4, 0.5) is 28.9 Å². The van der Waals surface area contributed by atoms with Crippen molar-refractivity contribution in [2.75, 3.05) is 16.8 Å². The van der Waals surface area contributed by atoms with Gasteiger partial charge in [-0.05, 0) is 55.7 Å². The molecule has 2 aliphatic rings. The van der Waals surface area contributed by atoms with Crippen molar-refractivity contribution < 1.29 is 27.2 Å². The number of anilines is 2. The fourth-order valence-electron chi connectivity index (χ4n) is 4.28. The number of rotatable bonds is 3. The summed E-state index contributed by atoms with van der Waals surface area (Å²) in [5, 5.41) is 11.3. The first-order valence-electron chi connectivity index (χ1n) is 10.2. The van der Waals surface area contributed by atoms with Gasteiger partial charge < -0.3 is 10.2 Å². The van der Waals surface area contributed by atoms with Crippen molar-refractivity contribution in [3.05, 3.63) is 46.9 Å². The van der Waals surface area contributed by atoms with Gasteiger partial charge in [-0.1, -0.05) is 0 Å². The number of benzene rings is 1. The summed E-state index contributed by atoms with van der Waals surface area (Å²) in [6.07, 6.45) is -3.50. The van der Waals surface area contributed by atoms with Crippen molar-refractivity contribution in [1.29, 1.82) is 5.26 Å². The van der Waals surface area contributed by atoms with Crippen LogP contribution in [0.1, 0.15) is 40.9 Å². The molecule has 13 heteroatoms. The van der Waals surface area contributed by atoms with Crippen molar-refractivity contribution >= 4 is 54.0 Å². The topological polar surface area (TPSA) is 89.3 Å². The van der Waals surface area contributed by atoms with E-state index in [0.717, 1.165) is 11.0 Å². The molecule has 1 aliphatic carbocycles. The summed E-state index contributed by atoms with van der Waals surface area (Å²) in [5.74, 6) is -2.03. The van der Waals surface area contributed by atoms with Crippen molar-refractivity contribution in [1.82, 2.24) is 10.3 Å². The fraction of sp³-hybridized carbons (Fsp3) is 0.286. The first kappa shape index (κ1) is 23.6. The Morgan fingerprint density at radius 3 is 2.50 bits per heavy atom. The van der Waals surface area contributed by atoms with E-state index in [1.807, 2.05) is 0 Å². The lowest BCUT2D eigenvalue weighted by Crippen LogP contribution is -2.55. The standard InChI is InChI=1S/C21H16BF4N5O2S/c1-28-17(32)11-4-3-10(7-13(11)23)31-19(34)30(18(33)20(31)5-2-6-20)15-8-12(21(24,25)26)14(9-27)29-16(15)22/h3-4,7-8H,2,5-6,22H2,1H3,(H,28,32). The Hall–Kier alpha value is -3.53. The van der Waals surface area contributed by atoms with E-state index in [9.17, 15) is 27.2 Å². The van der Waals surface area contributed by atoms with Gasteiger partial charge in [-0.25, -0.2) is 4.39 Å². The average molecular weight is 489 g/mol. The van der Waals surface area contributed by atoms with E-state index in [1.165, 1.54) is 38.0 Å². The monoisotopic (exact) mass is 489 g/mol. The maximum absolute atomic E-state index is 14.7. The summed E-state index contributed by atoms with van der Waals surface area (Å²) in [7, 11) is 2.73. The molecule has 1 spiro atoms. The molecule has 0 atom stereocenters. The van der Waals surface area contributed by atoms with Crippen molar-refractivity contribution in [2.24, 2.45) is 0 Å². The Morgan fingerprint density at radius 1 is 1.32 bits per heavy atom. The number of nitrogens with zero attached hydrogens (tertiary/aromatic N) is 4. The predicted octanol–water partition coefficient (Wildman–Crippen LogP) is 1.79. The SMILES string of the molecule is Bc1nc(C#N)c(C(F)(F)F)cc1N1C(=O)C2(CCC2)N(c2ccc(C(=O)NC)c(F)c2)C1=S. The molecule has 34 heavy (non-hydrogen) atoms. The molecule has 2 heterocycles. The van der Waals surface area contributed by atoms with Gasteiger partial charge in [0.15, 0.2) is 18.7 Å². The largest absolute Gasteiger partial charge is 0.419 e. The number of hydrogen-bond donors (Lipinski definition) is 1. The molecule has 2 fully saturated rings. The molecule has 7 nitrogen and oxygen atoms in total. The van der Waals surface area contributed by atoms with Gasteiger partial charge in [0.05, 0.1) is 16.8 Å².